The van der Waals surface area contributed by atoms with Crippen LogP contribution in [0.3, 0.4) is 0 Å². The molecule has 0 unspecified atom stereocenters. The molecule has 0 aliphatic heterocycles. The number of methoxy groups -OCH3 is 1. The van der Waals surface area contributed by atoms with Gasteiger partial charge >= 0.3 is 0 Å². The summed E-state index contributed by atoms with van der Waals surface area (Å²) in [5, 5.41) is 1.17. The predicted molar refractivity (Wildman–Crippen MR) is 68.2 cm³/mol. The Kier molecular flexibility index (Phi) is 3.94. The third kappa shape index (κ3) is 2.74. The van der Waals surface area contributed by atoms with Crippen LogP contribution in [-0.4, -0.2) is 18.6 Å². The van der Waals surface area contributed by atoms with Crippen LogP contribution in [0.5, 0.6) is 5.75 Å². The Morgan fingerprint density at radius 1 is 1.24 bits per heavy atom. The van der Waals surface area contributed by atoms with Gasteiger partial charge in [0.1, 0.15) is 5.75 Å². The van der Waals surface area contributed by atoms with E-state index in [0.717, 1.165) is 30.5 Å². The number of hydrogen-bond donors (Lipinski definition) is 0. The quantitative estimate of drug-likeness (QED) is 0.738. The second-order valence-electron chi connectivity index (χ2n) is 4.03. The Morgan fingerprint density at radius 3 is 2.88 bits per heavy atom. The summed E-state index contributed by atoms with van der Waals surface area (Å²) in [6, 6.07) is 8.01. The van der Waals surface area contributed by atoms with Crippen molar-refractivity contribution in [2.45, 2.75) is 19.3 Å². The fourth-order valence-corrected chi connectivity index (χ4v) is 1.96. The molecule has 0 spiro atoms. The fourth-order valence-electron chi connectivity index (χ4n) is 1.96. The molecule has 0 saturated carbocycles. The lowest BCUT2D eigenvalue weighted by Crippen LogP contribution is -1.93. The van der Waals surface area contributed by atoms with Crippen molar-refractivity contribution >= 4 is 10.9 Å². The summed E-state index contributed by atoms with van der Waals surface area (Å²) in [5.74, 6) is 0.831. The topological polar surface area (TPSA) is 44.4 Å². The van der Waals surface area contributed by atoms with Gasteiger partial charge in [0.25, 0.3) is 0 Å². The maximum absolute atomic E-state index is 8.80. The Bertz CT molecular complexity index is 497. The summed E-state index contributed by atoms with van der Waals surface area (Å²) in [6.45, 7) is 0.261. The SMILES string of the molecule is COc1ccc2c(CCCC[N])ccnc2c1. The van der Waals surface area contributed by atoms with E-state index in [1.54, 1.807) is 7.11 Å². The monoisotopic (exact) mass is 228 g/mol. The molecule has 0 N–H and O–H groups in total. The maximum Gasteiger partial charge on any atom is 0.121 e. The van der Waals surface area contributed by atoms with Gasteiger partial charge < -0.3 is 4.74 Å². The van der Waals surface area contributed by atoms with Crippen LogP contribution in [0.15, 0.2) is 30.5 Å². The van der Waals surface area contributed by atoms with Crippen molar-refractivity contribution in [2.75, 3.05) is 13.7 Å². The second kappa shape index (κ2) is 5.64. The van der Waals surface area contributed by atoms with Crippen molar-refractivity contribution in [3.8, 4) is 5.75 Å². The van der Waals surface area contributed by atoms with Gasteiger partial charge in [0.2, 0.25) is 0 Å². The van der Waals surface area contributed by atoms with Gasteiger partial charge in [0, 0.05) is 24.2 Å². The fraction of sp³-hybridized carbons (Fsp3) is 0.357. The number of aromatic nitrogens is 1. The molecule has 3 nitrogen and oxygen atoms in total. The van der Waals surface area contributed by atoms with E-state index >= 15 is 0 Å². The Hall–Kier alpha value is -1.61. The van der Waals surface area contributed by atoms with Crippen LogP contribution in [0, 0.1) is 0 Å². The lowest BCUT2D eigenvalue weighted by Gasteiger charge is -2.07. The van der Waals surface area contributed by atoms with E-state index in [-0.39, 0.29) is 6.54 Å². The minimum atomic E-state index is 0.261. The molecule has 0 bridgehead atoms. The molecule has 1 heterocycles. The lowest BCUT2D eigenvalue weighted by molar-refractivity contribution is 0.415. The Morgan fingerprint density at radius 2 is 2.12 bits per heavy atom. The highest BCUT2D eigenvalue weighted by Crippen LogP contribution is 2.22. The van der Waals surface area contributed by atoms with E-state index in [1.165, 1.54) is 10.9 Å². The molecule has 17 heavy (non-hydrogen) atoms. The molecule has 2 rings (SSSR count). The number of pyridine rings is 1. The average molecular weight is 228 g/mol. The second-order valence-corrected chi connectivity index (χ2v) is 4.03. The molecule has 0 amide bonds. The minimum Gasteiger partial charge on any atom is -0.497 e. The molecule has 0 fully saturated rings. The molecule has 1 aromatic heterocycles. The number of benzene rings is 1. The smallest absolute Gasteiger partial charge is 0.121 e. The highest BCUT2D eigenvalue weighted by Gasteiger charge is 2.03. The van der Waals surface area contributed by atoms with Crippen LogP contribution in [-0.2, 0) is 6.42 Å². The van der Waals surface area contributed by atoms with Gasteiger partial charge in [0.05, 0.1) is 12.6 Å². The number of fused-ring (bicyclic) bond motifs is 1. The Labute approximate surface area is 102 Å². The van der Waals surface area contributed by atoms with Crippen LogP contribution in [0.2, 0.25) is 0 Å². The number of ether oxygens (including phenoxy) is 1. The molecular formula is C14H16N2O. The van der Waals surface area contributed by atoms with Gasteiger partial charge in [-0.15, -0.1) is 5.73 Å². The molecule has 88 valence electrons. The first-order chi connectivity index (χ1) is 8.35. The van der Waals surface area contributed by atoms with Gasteiger partial charge in [-0.25, -0.2) is 0 Å². The molecule has 0 saturated heterocycles. The van der Waals surface area contributed by atoms with Crippen LogP contribution >= 0.6 is 0 Å². The van der Waals surface area contributed by atoms with Crippen molar-refractivity contribution in [1.29, 1.82) is 0 Å². The number of unbranched alkanes of at least 4 members (excludes halogenated alkanes) is 1. The molecule has 0 aliphatic rings. The van der Waals surface area contributed by atoms with Gasteiger partial charge in [-0.3, -0.25) is 4.98 Å². The maximum atomic E-state index is 8.80. The van der Waals surface area contributed by atoms with E-state index in [1.807, 2.05) is 24.4 Å². The van der Waals surface area contributed by atoms with Gasteiger partial charge in [0.15, 0.2) is 0 Å². The Balaban J connectivity index is 2.30. The summed E-state index contributed by atoms with van der Waals surface area (Å²) in [4.78, 5) is 4.35. The molecule has 0 atom stereocenters. The van der Waals surface area contributed by atoms with Crippen molar-refractivity contribution < 1.29 is 4.74 Å². The largest absolute Gasteiger partial charge is 0.497 e. The van der Waals surface area contributed by atoms with Crippen molar-refractivity contribution in [3.05, 3.63) is 36.0 Å². The first-order valence-corrected chi connectivity index (χ1v) is 5.87. The zero-order chi connectivity index (χ0) is 12.1. The molecular weight excluding hydrogens is 212 g/mol. The zero-order valence-corrected chi connectivity index (χ0v) is 10.0. The lowest BCUT2D eigenvalue weighted by atomic mass is 10.0. The number of hydrogen-bond acceptors (Lipinski definition) is 2. The zero-order valence-electron chi connectivity index (χ0n) is 10.0. The summed E-state index contributed by atoms with van der Waals surface area (Å²) >= 11 is 0. The van der Waals surface area contributed by atoms with E-state index < -0.39 is 0 Å². The average Bonchev–Trinajstić information content (AvgIpc) is 2.38. The van der Waals surface area contributed by atoms with Crippen LogP contribution in [0.1, 0.15) is 18.4 Å². The van der Waals surface area contributed by atoms with E-state index in [9.17, 15) is 0 Å². The highest BCUT2D eigenvalue weighted by molar-refractivity contribution is 5.83. The molecule has 2 aromatic rings. The van der Waals surface area contributed by atoms with Crippen LogP contribution in [0.4, 0.5) is 0 Å². The van der Waals surface area contributed by atoms with Crippen LogP contribution in [0.25, 0.3) is 10.9 Å². The van der Waals surface area contributed by atoms with Gasteiger partial charge in [-0.05, 0) is 43.0 Å². The normalized spacial score (nSPS) is 10.7. The summed E-state index contributed by atoms with van der Waals surface area (Å²) in [6.07, 6.45) is 4.66. The third-order valence-corrected chi connectivity index (χ3v) is 2.89. The number of aryl methyl sites for hydroxylation is 1. The van der Waals surface area contributed by atoms with Gasteiger partial charge in [-0.2, -0.15) is 0 Å². The molecule has 0 aliphatic carbocycles. The van der Waals surface area contributed by atoms with Gasteiger partial charge in [-0.1, -0.05) is 0 Å². The first-order valence-electron chi connectivity index (χ1n) is 5.87. The third-order valence-electron chi connectivity index (χ3n) is 2.89. The molecule has 2 radical (unpaired) electrons. The summed E-state index contributed by atoms with van der Waals surface area (Å²) in [5.41, 5.74) is 11.0. The molecule has 3 heteroatoms. The van der Waals surface area contributed by atoms with Crippen molar-refractivity contribution in [2.24, 2.45) is 0 Å². The summed E-state index contributed by atoms with van der Waals surface area (Å²) < 4.78 is 5.19. The number of nitrogens with zero attached hydrogens (tertiary/aromatic N) is 2. The minimum absolute atomic E-state index is 0.261. The van der Waals surface area contributed by atoms with Crippen molar-refractivity contribution in [1.82, 2.24) is 10.7 Å². The molecule has 1 aromatic carbocycles. The van der Waals surface area contributed by atoms with E-state index in [2.05, 4.69) is 11.1 Å². The van der Waals surface area contributed by atoms with E-state index in [4.69, 9.17) is 10.5 Å². The summed E-state index contributed by atoms with van der Waals surface area (Å²) in [7, 11) is 1.66. The first kappa shape index (κ1) is 11.9. The highest BCUT2D eigenvalue weighted by atomic mass is 16.5. The van der Waals surface area contributed by atoms with Crippen molar-refractivity contribution in [3.63, 3.8) is 0 Å². The van der Waals surface area contributed by atoms with E-state index in [0.29, 0.717) is 0 Å². The standard InChI is InChI=1S/C14H16N2O/c1-17-12-5-6-13-11(4-2-3-8-15)7-9-16-14(13)10-12/h5-7,9-10H,2-4,8H2,1H3. The number of rotatable bonds is 5. The van der Waals surface area contributed by atoms with Crippen LogP contribution < -0.4 is 10.5 Å². The predicted octanol–water partition coefficient (Wildman–Crippen LogP) is 2.63.